The summed E-state index contributed by atoms with van der Waals surface area (Å²) >= 11 is 0. The van der Waals surface area contributed by atoms with Gasteiger partial charge in [-0.2, -0.15) is 0 Å². The molecule has 1 unspecified atom stereocenters. The highest BCUT2D eigenvalue weighted by atomic mass is 19.1. The molecule has 1 atom stereocenters. The Morgan fingerprint density at radius 3 is 2.87 bits per heavy atom. The van der Waals surface area contributed by atoms with E-state index in [0.29, 0.717) is 12.5 Å². The van der Waals surface area contributed by atoms with Gasteiger partial charge in [0.2, 0.25) is 0 Å². The first kappa shape index (κ1) is 10.7. The van der Waals surface area contributed by atoms with Gasteiger partial charge in [-0.1, -0.05) is 6.08 Å². The summed E-state index contributed by atoms with van der Waals surface area (Å²) in [6, 6.07) is 0.570. The Kier molecular flexibility index (Phi) is 3.10. The minimum absolute atomic E-state index is 0.0666. The van der Waals surface area contributed by atoms with Crippen LogP contribution in [-0.2, 0) is 0 Å². The maximum Gasteiger partial charge on any atom is 0.123 e. The zero-order valence-electron chi connectivity index (χ0n) is 9.54. The number of likely N-dealkylation sites (N-methyl/N-ethyl adjacent to an activating group) is 1. The highest BCUT2D eigenvalue weighted by Gasteiger charge is 2.26. The van der Waals surface area contributed by atoms with Gasteiger partial charge in [0.15, 0.2) is 0 Å². The molecule has 15 heavy (non-hydrogen) atoms. The SMILES string of the molecule is CN(C)C1CCN(C2=C(F)CCC=C2)C1. The second-order valence-electron chi connectivity index (χ2n) is 4.58. The fourth-order valence-corrected chi connectivity index (χ4v) is 2.28. The van der Waals surface area contributed by atoms with Crippen molar-refractivity contribution in [2.75, 3.05) is 27.2 Å². The molecule has 2 nitrogen and oxygen atoms in total. The molecule has 0 aromatic rings. The Balaban J connectivity index is 2.04. The lowest BCUT2D eigenvalue weighted by Crippen LogP contribution is -2.31. The van der Waals surface area contributed by atoms with E-state index >= 15 is 0 Å². The summed E-state index contributed by atoms with van der Waals surface area (Å²) in [6.45, 7) is 1.94. The van der Waals surface area contributed by atoms with Crippen LogP contribution in [0, 0.1) is 0 Å². The van der Waals surface area contributed by atoms with Crippen molar-refractivity contribution in [2.45, 2.75) is 25.3 Å². The topological polar surface area (TPSA) is 6.48 Å². The summed E-state index contributed by atoms with van der Waals surface area (Å²) in [5, 5.41) is 0. The highest BCUT2D eigenvalue weighted by Crippen LogP contribution is 2.27. The van der Waals surface area contributed by atoms with E-state index in [1.165, 1.54) is 0 Å². The van der Waals surface area contributed by atoms with Gasteiger partial charge in [0.05, 0.1) is 5.70 Å². The smallest absolute Gasteiger partial charge is 0.123 e. The van der Waals surface area contributed by atoms with Crippen molar-refractivity contribution in [3.8, 4) is 0 Å². The highest BCUT2D eigenvalue weighted by molar-refractivity contribution is 5.25. The van der Waals surface area contributed by atoms with Crippen LogP contribution in [0.1, 0.15) is 19.3 Å². The standard InChI is InChI=1S/C12H19FN2/c1-14(2)10-7-8-15(9-10)12-6-4-3-5-11(12)13/h4,6,10H,3,5,7-9H2,1-2H3. The first-order valence-corrected chi connectivity index (χ1v) is 5.65. The van der Waals surface area contributed by atoms with Crippen LogP contribution in [0.3, 0.4) is 0 Å². The van der Waals surface area contributed by atoms with E-state index in [1.54, 1.807) is 0 Å². The van der Waals surface area contributed by atoms with Crippen molar-refractivity contribution in [3.05, 3.63) is 23.7 Å². The van der Waals surface area contributed by atoms with Crippen LogP contribution in [0.5, 0.6) is 0 Å². The van der Waals surface area contributed by atoms with E-state index in [4.69, 9.17) is 0 Å². The normalized spacial score (nSPS) is 26.9. The minimum Gasteiger partial charge on any atom is -0.368 e. The van der Waals surface area contributed by atoms with Gasteiger partial charge in [0.1, 0.15) is 5.83 Å². The molecule has 3 heteroatoms. The molecule has 1 saturated heterocycles. The summed E-state index contributed by atoms with van der Waals surface area (Å²) in [5.41, 5.74) is 0.825. The number of hydrogen-bond donors (Lipinski definition) is 0. The van der Waals surface area contributed by atoms with Gasteiger partial charge in [-0.3, -0.25) is 0 Å². The summed E-state index contributed by atoms with van der Waals surface area (Å²) in [7, 11) is 4.19. The predicted octanol–water partition coefficient (Wildman–Crippen LogP) is 2.15. The molecular formula is C12H19FN2. The van der Waals surface area contributed by atoms with Crippen LogP contribution in [0.25, 0.3) is 0 Å². The third-order valence-corrected chi connectivity index (χ3v) is 3.32. The van der Waals surface area contributed by atoms with Crippen LogP contribution >= 0.6 is 0 Å². The zero-order valence-corrected chi connectivity index (χ0v) is 9.54. The lowest BCUT2D eigenvalue weighted by atomic mass is 10.1. The molecule has 2 rings (SSSR count). The van der Waals surface area contributed by atoms with Crippen molar-refractivity contribution in [1.82, 2.24) is 9.80 Å². The van der Waals surface area contributed by atoms with E-state index in [0.717, 1.165) is 31.6 Å². The van der Waals surface area contributed by atoms with Crippen LogP contribution in [0.4, 0.5) is 4.39 Å². The summed E-state index contributed by atoms with van der Waals surface area (Å²) in [6.07, 6.45) is 6.57. The van der Waals surface area contributed by atoms with E-state index < -0.39 is 0 Å². The van der Waals surface area contributed by atoms with Gasteiger partial charge in [-0.15, -0.1) is 0 Å². The van der Waals surface area contributed by atoms with E-state index in [9.17, 15) is 4.39 Å². The Morgan fingerprint density at radius 2 is 2.27 bits per heavy atom. The number of halogens is 1. The number of likely N-dealkylation sites (tertiary alicyclic amines) is 1. The molecule has 1 aliphatic heterocycles. The van der Waals surface area contributed by atoms with Crippen molar-refractivity contribution >= 4 is 0 Å². The molecule has 0 N–H and O–H groups in total. The third kappa shape index (κ3) is 2.23. The maximum absolute atomic E-state index is 13.6. The molecule has 0 amide bonds. The number of rotatable bonds is 2. The van der Waals surface area contributed by atoms with Crippen LogP contribution in [0.2, 0.25) is 0 Å². The van der Waals surface area contributed by atoms with Crippen molar-refractivity contribution < 1.29 is 4.39 Å². The Labute approximate surface area is 91.0 Å². The molecule has 1 heterocycles. The molecule has 1 aliphatic carbocycles. The molecule has 0 spiro atoms. The molecule has 84 valence electrons. The Morgan fingerprint density at radius 1 is 1.47 bits per heavy atom. The second-order valence-corrected chi connectivity index (χ2v) is 4.58. The molecule has 0 aromatic carbocycles. The zero-order chi connectivity index (χ0) is 10.8. The van der Waals surface area contributed by atoms with Gasteiger partial charge < -0.3 is 9.80 Å². The van der Waals surface area contributed by atoms with E-state index in [2.05, 4.69) is 30.0 Å². The third-order valence-electron chi connectivity index (χ3n) is 3.32. The average Bonchev–Trinajstić information content (AvgIpc) is 2.67. The number of allylic oxidation sites excluding steroid dienone is 3. The molecule has 1 fully saturated rings. The Hall–Kier alpha value is -0.830. The molecule has 0 saturated carbocycles. The van der Waals surface area contributed by atoms with Crippen molar-refractivity contribution in [2.24, 2.45) is 0 Å². The van der Waals surface area contributed by atoms with Crippen molar-refractivity contribution in [1.29, 1.82) is 0 Å². The minimum atomic E-state index is 0.0666. The van der Waals surface area contributed by atoms with Gasteiger partial charge in [0, 0.05) is 25.6 Å². The molecule has 2 aliphatic rings. The van der Waals surface area contributed by atoms with Crippen LogP contribution < -0.4 is 0 Å². The number of nitrogens with zero attached hydrogens (tertiary/aromatic N) is 2. The van der Waals surface area contributed by atoms with Gasteiger partial charge >= 0.3 is 0 Å². The first-order chi connectivity index (χ1) is 7.18. The van der Waals surface area contributed by atoms with Gasteiger partial charge in [-0.05, 0) is 33.0 Å². The maximum atomic E-state index is 13.6. The molecule has 0 aromatic heterocycles. The summed E-state index contributed by atoms with van der Waals surface area (Å²) in [4.78, 5) is 4.40. The summed E-state index contributed by atoms with van der Waals surface area (Å²) < 4.78 is 13.6. The van der Waals surface area contributed by atoms with Crippen molar-refractivity contribution in [3.63, 3.8) is 0 Å². The van der Waals surface area contributed by atoms with Crippen LogP contribution in [-0.4, -0.2) is 43.0 Å². The molecule has 0 bridgehead atoms. The molecular weight excluding hydrogens is 191 g/mol. The average molecular weight is 210 g/mol. The van der Waals surface area contributed by atoms with Gasteiger partial charge in [-0.25, -0.2) is 4.39 Å². The van der Waals surface area contributed by atoms with Crippen LogP contribution in [0.15, 0.2) is 23.7 Å². The van der Waals surface area contributed by atoms with E-state index in [1.807, 2.05) is 6.08 Å². The fraction of sp³-hybridized carbons (Fsp3) is 0.667. The predicted molar refractivity (Wildman–Crippen MR) is 60.2 cm³/mol. The quantitative estimate of drug-likeness (QED) is 0.689. The van der Waals surface area contributed by atoms with Gasteiger partial charge in [0.25, 0.3) is 0 Å². The lowest BCUT2D eigenvalue weighted by molar-refractivity contribution is 0.289. The Bertz CT molecular complexity index is 294. The fourth-order valence-electron chi connectivity index (χ4n) is 2.28. The lowest BCUT2D eigenvalue weighted by Gasteiger charge is -2.24. The number of hydrogen-bond acceptors (Lipinski definition) is 2. The second kappa shape index (κ2) is 4.35. The van der Waals surface area contributed by atoms with E-state index in [-0.39, 0.29) is 5.83 Å². The molecule has 0 radical (unpaired) electrons. The summed E-state index contributed by atoms with van der Waals surface area (Å²) in [5.74, 6) is 0.0666. The largest absolute Gasteiger partial charge is 0.368 e. The monoisotopic (exact) mass is 210 g/mol. The first-order valence-electron chi connectivity index (χ1n) is 5.65.